The second-order valence-corrected chi connectivity index (χ2v) is 5.64. The van der Waals surface area contributed by atoms with Crippen LogP contribution in [0.5, 0.6) is 0 Å². The average Bonchev–Trinajstić information content (AvgIpc) is 2.76. The van der Waals surface area contributed by atoms with E-state index in [1.165, 1.54) is 0 Å². The number of rotatable bonds is 5. The number of aliphatic hydroxyl groups is 1. The third kappa shape index (κ3) is 3.71. The number of ether oxygens (including phenoxy) is 2. The molecule has 1 aliphatic heterocycles. The van der Waals surface area contributed by atoms with Crippen LogP contribution in [0.15, 0.2) is 35.2 Å². The van der Waals surface area contributed by atoms with Gasteiger partial charge in [-0.15, -0.1) is 11.8 Å². The zero-order valence-electron chi connectivity index (χ0n) is 9.96. The highest BCUT2D eigenvalue weighted by Gasteiger charge is 2.34. The first-order chi connectivity index (χ1) is 8.22. The summed E-state index contributed by atoms with van der Waals surface area (Å²) in [4.78, 5) is 1.16. The van der Waals surface area contributed by atoms with Gasteiger partial charge >= 0.3 is 0 Å². The summed E-state index contributed by atoms with van der Waals surface area (Å²) in [6.45, 7) is 3.35. The van der Waals surface area contributed by atoms with E-state index >= 15 is 0 Å². The average molecular weight is 254 g/mol. The molecular weight excluding hydrogens is 236 g/mol. The molecule has 17 heavy (non-hydrogen) atoms. The summed E-state index contributed by atoms with van der Waals surface area (Å²) in [7, 11) is 0. The van der Waals surface area contributed by atoms with Crippen molar-refractivity contribution in [1.82, 2.24) is 0 Å². The molecule has 1 saturated heterocycles. The van der Waals surface area contributed by atoms with Crippen LogP contribution in [0.3, 0.4) is 0 Å². The standard InChI is InChI=1S/C13H18O3S/c1-13(15-7-8-16-13)9-12(10-14)17-11-5-3-2-4-6-11/h2-6,12,14H,7-10H2,1H3. The van der Waals surface area contributed by atoms with Gasteiger partial charge in [0.05, 0.1) is 19.8 Å². The van der Waals surface area contributed by atoms with E-state index in [1.54, 1.807) is 11.8 Å². The fraction of sp³-hybridized carbons (Fsp3) is 0.538. The molecule has 3 nitrogen and oxygen atoms in total. The van der Waals surface area contributed by atoms with Crippen LogP contribution in [0, 0.1) is 0 Å². The third-order valence-corrected chi connectivity index (χ3v) is 3.94. The van der Waals surface area contributed by atoms with E-state index in [2.05, 4.69) is 0 Å². The fourth-order valence-corrected chi connectivity index (χ4v) is 3.08. The van der Waals surface area contributed by atoms with E-state index < -0.39 is 5.79 Å². The normalized spacial score (nSPS) is 20.4. The second kappa shape index (κ2) is 5.87. The predicted octanol–water partition coefficient (Wildman–Crippen LogP) is 2.29. The molecule has 1 N–H and O–H groups in total. The first-order valence-corrected chi connectivity index (χ1v) is 6.70. The van der Waals surface area contributed by atoms with Crippen LogP contribution < -0.4 is 0 Å². The molecular formula is C13H18O3S. The number of benzene rings is 1. The van der Waals surface area contributed by atoms with E-state index in [1.807, 2.05) is 37.3 Å². The molecule has 0 amide bonds. The summed E-state index contributed by atoms with van der Waals surface area (Å²) in [5, 5.41) is 9.53. The van der Waals surface area contributed by atoms with Crippen molar-refractivity contribution in [3.8, 4) is 0 Å². The smallest absolute Gasteiger partial charge is 0.166 e. The highest BCUT2D eigenvalue weighted by atomic mass is 32.2. The van der Waals surface area contributed by atoms with Crippen LogP contribution in [-0.4, -0.2) is 36.0 Å². The van der Waals surface area contributed by atoms with Gasteiger partial charge in [-0.25, -0.2) is 0 Å². The van der Waals surface area contributed by atoms with Crippen LogP contribution >= 0.6 is 11.8 Å². The van der Waals surface area contributed by atoms with Crippen molar-refractivity contribution in [2.24, 2.45) is 0 Å². The molecule has 0 aliphatic carbocycles. The monoisotopic (exact) mass is 254 g/mol. The third-order valence-electron chi connectivity index (χ3n) is 2.75. The summed E-state index contributed by atoms with van der Waals surface area (Å²) in [6, 6.07) is 10.1. The van der Waals surface area contributed by atoms with E-state index in [4.69, 9.17) is 9.47 Å². The van der Waals surface area contributed by atoms with E-state index in [0.29, 0.717) is 19.6 Å². The predicted molar refractivity (Wildman–Crippen MR) is 68.1 cm³/mol. The molecule has 1 aromatic carbocycles. The van der Waals surface area contributed by atoms with E-state index in [9.17, 15) is 5.11 Å². The van der Waals surface area contributed by atoms with Gasteiger partial charge in [-0.2, -0.15) is 0 Å². The minimum absolute atomic E-state index is 0.0977. The zero-order chi connectivity index (χ0) is 12.1. The Hall–Kier alpha value is -0.550. The summed E-state index contributed by atoms with van der Waals surface area (Å²) < 4.78 is 11.1. The van der Waals surface area contributed by atoms with Crippen molar-refractivity contribution in [3.63, 3.8) is 0 Å². The first-order valence-electron chi connectivity index (χ1n) is 5.82. The molecule has 1 atom stereocenters. The van der Waals surface area contributed by atoms with Gasteiger partial charge in [0, 0.05) is 16.6 Å². The lowest BCUT2D eigenvalue weighted by Gasteiger charge is -2.26. The van der Waals surface area contributed by atoms with Gasteiger partial charge in [0.1, 0.15) is 0 Å². The van der Waals surface area contributed by atoms with Crippen LogP contribution in [-0.2, 0) is 9.47 Å². The van der Waals surface area contributed by atoms with Crippen molar-refractivity contribution in [2.75, 3.05) is 19.8 Å². The molecule has 0 spiro atoms. The molecule has 1 aliphatic rings. The van der Waals surface area contributed by atoms with E-state index in [-0.39, 0.29) is 11.9 Å². The largest absolute Gasteiger partial charge is 0.395 e. The van der Waals surface area contributed by atoms with E-state index in [0.717, 1.165) is 4.90 Å². The molecule has 1 heterocycles. The Kier molecular flexibility index (Phi) is 4.45. The minimum atomic E-state index is -0.533. The van der Waals surface area contributed by atoms with Gasteiger partial charge in [-0.1, -0.05) is 18.2 Å². The Bertz CT molecular complexity index is 336. The summed E-state index contributed by atoms with van der Waals surface area (Å²) in [5.74, 6) is -0.533. The van der Waals surface area contributed by atoms with Gasteiger partial charge in [0.2, 0.25) is 0 Å². The van der Waals surface area contributed by atoms with Crippen molar-refractivity contribution >= 4 is 11.8 Å². The molecule has 0 aromatic heterocycles. The summed E-state index contributed by atoms with van der Waals surface area (Å²) >= 11 is 1.66. The Morgan fingerprint density at radius 1 is 1.29 bits per heavy atom. The van der Waals surface area contributed by atoms with Crippen LogP contribution in [0.25, 0.3) is 0 Å². The maximum Gasteiger partial charge on any atom is 0.166 e. The van der Waals surface area contributed by atoms with Gasteiger partial charge in [0.15, 0.2) is 5.79 Å². The van der Waals surface area contributed by atoms with Crippen LogP contribution in [0.2, 0.25) is 0 Å². The Morgan fingerprint density at radius 3 is 2.53 bits per heavy atom. The van der Waals surface area contributed by atoms with Gasteiger partial charge in [0.25, 0.3) is 0 Å². The fourth-order valence-electron chi connectivity index (χ4n) is 1.92. The lowest BCUT2D eigenvalue weighted by molar-refractivity contribution is -0.147. The van der Waals surface area contributed by atoms with Crippen molar-refractivity contribution in [3.05, 3.63) is 30.3 Å². The molecule has 4 heteroatoms. The highest BCUT2D eigenvalue weighted by molar-refractivity contribution is 8.00. The molecule has 1 fully saturated rings. The topological polar surface area (TPSA) is 38.7 Å². The Labute approximate surface area is 106 Å². The Morgan fingerprint density at radius 2 is 1.94 bits per heavy atom. The molecule has 0 radical (unpaired) electrons. The second-order valence-electron chi connectivity index (χ2n) is 4.27. The van der Waals surface area contributed by atoms with Gasteiger partial charge in [-0.05, 0) is 19.1 Å². The first kappa shape index (κ1) is 12.9. The quantitative estimate of drug-likeness (QED) is 0.818. The molecule has 2 rings (SSSR count). The van der Waals surface area contributed by atoms with Crippen LogP contribution in [0.4, 0.5) is 0 Å². The lowest BCUT2D eigenvalue weighted by Crippen LogP contribution is -2.31. The van der Waals surface area contributed by atoms with Gasteiger partial charge in [-0.3, -0.25) is 0 Å². The molecule has 0 saturated carbocycles. The molecule has 94 valence electrons. The van der Waals surface area contributed by atoms with Crippen molar-refractivity contribution in [2.45, 2.75) is 29.3 Å². The Balaban J connectivity index is 1.93. The maximum atomic E-state index is 9.43. The molecule has 1 unspecified atom stereocenters. The maximum absolute atomic E-state index is 9.43. The summed E-state index contributed by atoms with van der Waals surface area (Å²) in [5.41, 5.74) is 0. The number of thioether (sulfide) groups is 1. The number of aliphatic hydroxyl groups excluding tert-OH is 1. The van der Waals surface area contributed by atoms with Crippen molar-refractivity contribution < 1.29 is 14.6 Å². The molecule has 1 aromatic rings. The van der Waals surface area contributed by atoms with Crippen molar-refractivity contribution in [1.29, 1.82) is 0 Å². The van der Waals surface area contributed by atoms with Crippen LogP contribution in [0.1, 0.15) is 13.3 Å². The van der Waals surface area contributed by atoms with Gasteiger partial charge < -0.3 is 14.6 Å². The lowest BCUT2D eigenvalue weighted by atomic mass is 10.2. The zero-order valence-corrected chi connectivity index (χ0v) is 10.8. The summed E-state index contributed by atoms with van der Waals surface area (Å²) in [6.07, 6.45) is 0.697. The number of hydrogen-bond donors (Lipinski definition) is 1. The highest BCUT2D eigenvalue weighted by Crippen LogP contribution is 2.32. The molecule has 0 bridgehead atoms. The minimum Gasteiger partial charge on any atom is -0.395 e. The number of hydrogen-bond acceptors (Lipinski definition) is 4. The SMILES string of the molecule is CC1(CC(CO)Sc2ccccc2)OCCO1.